The van der Waals surface area contributed by atoms with Crippen molar-refractivity contribution in [2.75, 3.05) is 4.90 Å². The number of aromatic nitrogens is 2. The van der Waals surface area contributed by atoms with E-state index in [1.54, 1.807) is 0 Å². The van der Waals surface area contributed by atoms with Gasteiger partial charge in [0, 0.05) is 27.6 Å². The molecule has 0 atom stereocenters. The van der Waals surface area contributed by atoms with Crippen LogP contribution in [0.3, 0.4) is 0 Å². The lowest BCUT2D eigenvalue weighted by Crippen LogP contribution is -2.18. The zero-order valence-corrected chi connectivity index (χ0v) is 28.1. The lowest BCUT2D eigenvalue weighted by Gasteiger charge is -2.29. The molecule has 3 heteroatoms. The fraction of sp³-hybridized carbons (Fsp3) is 0.0638. The Balaban J connectivity index is 1.33. The molecule has 8 aromatic rings. The molecule has 0 fully saturated rings. The summed E-state index contributed by atoms with van der Waals surface area (Å²) in [7, 11) is 0. The second-order valence-corrected chi connectivity index (χ2v) is 13.5. The maximum absolute atomic E-state index is 5.42. The van der Waals surface area contributed by atoms with Crippen LogP contribution in [0.15, 0.2) is 176 Å². The molecule has 1 aliphatic rings. The first-order valence-corrected chi connectivity index (χ1v) is 17.2. The molecule has 9 rings (SSSR count). The van der Waals surface area contributed by atoms with Crippen molar-refractivity contribution >= 4 is 28.2 Å². The van der Waals surface area contributed by atoms with E-state index >= 15 is 0 Å². The third-order valence-electron chi connectivity index (χ3n) is 10.1. The van der Waals surface area contributed by atoms with Crippen molar-refractivity contribution < 1.29 is 0 Å². The van der Waals surface area contributed by atoms with Crippen molar-refractivity contribution in [3.63, 3.8) is 0 Å². The molecule has 3 nitrogen and oxygen atoms in total. The number of hydrogen-bond acceptors (Lipinski definition) is 3. The molecular formula is C47H35N3. The molecule has 0 saturated carbocycles. The molecule has 0 spiro atoms. The number of benzene rings is 7. The summed E-state index contributed by atoms with van der Waals surface area (Å²) in [6, 6.07) is 62.4. The number of hydrogen-bond donors (Lipinski definition) is 0. The first-order valence-electron chi connectivity index (χ1n) is 17.2. The summed E-state index contributed by atoms with van der Waals surface area (Å²) in [5, 5.41) is 1.02. The molecule has 1 heterocycles. The lowest BCUT2D eigenvalue weighted by atomic mass is 9.82. The molecular weight excluding hydrogens is 607 g/mol. The zero-order valence-electron chi connectivity index (χ0n) is 28.1. The Hall–Kier alpha value is -6.32. The van der Waals surface area contributed by atoms with E-state index < -0.39 is 0 Å². The summed E-state index contributed by atoms with van der Waals surface area (Å²) in [4.78, 5) is 13.0. The minimum Gasteiger partial charge on any atom is -0.279 e. The number of fused-ring (bicyclic) bond motifs is 4. The normalized spacial score (nSPS) is 12.8. The molecule has 7 aromatic carbocycles. The van der Waals surface area contributed by atoms with Gasteiger partial charge in [-0.25, -0.2) is 9.97 Å². The highest BCUT2D eigenvalue weighted by molar-refractivity contribution is 5.96. The van der Waals surface area contributed by atoms with Gasteiger partial charge in [0.25, 0.3) is 0 Å². The Kier molecular flexibility index (Phi) is 7.14. The highest BCUT2D eigenvalue weighted by atomic mass is 15.3. The van der Waals surface area contributed by atoms with Gasteiger partial charge in [0.2, 0.25) is 5.95 Å². The summed E-state index contributed by atoms with van der Waals surface area (Å²) < 4.78 is 0. The lowest BCUT2D eigenvalue weighted by molar-refractivity contribution is 0.660. The van der Waals surface area contributed by atoms with Gasteiger partial charge in [0.15, 0.2) is 0 Å². The summed E-state index contributed by atoms with van der Waals surface area (Å²) in [5.74, 6) is 0.625. The predicted molar refractivity (Wildman–Crippen MR) is 208 cm³/mol. The molecule has 238 valence electrons. The predicted octanol–water partition coefficient (Wildman–Crippen LogP) is 12.4. The van der Waals surface area contributed by atoms with E-state index in [4.69, 9.17) is 9.97 Å². The van der Waals surface area contributed by atoms with E-state index in [9.17, 15) is 0 Å². The number of nitrogens with zero attached hydrogens (tertiary/aromatic N) is 3. The number of rotatable bonds is 6. The zero-order chi connectivity index (χ0) is 33.7. The average Bonchev–Trinajstić information content (AvgIpc) is 3.41. The molecule has 0 amide bonds. The minimum atomic E-state index is -0.160. The second-order valence-electron chi connectivity index (χ2n) is 13.5. The van der Waals surface area contributed by atoms with Gasteiger partial charge in [-0.3, -0.25) is 4.90 Å². The highest BCUT2D eigenvalue weighted by Gasteiger charge is 2.36. The Morgan fingerprint density at radius 3 is 1.82 bits per heavy atom. The van der Waals surface area contributed by atoms with Gasteiger partial charge >= 0.3 is 0 Å². The van der Waals surface area contributed by atoms with Gasteiger partial charge < -0.3 is 0 Å². The van der Waals surface area contributed by atoms with Crippen LogP contribution < -0.4 is 4.90 Å². The standard InChI is InChI=1S/C47H35N3/c1-47(2)41-24-14-12-22-37(41)38-28-27-36(31-42(38)47)50(46-48-43-25-15-13-23-39(43)45(49-46)34-20-10-5-11-21-34)44-29-26-35(32-16-6-3-7-17-32)30-40(44)33-18-8-4-9-19-33/h3-31H,1-2H3. The molecule has 0 aliphatic heterocycles. The second kappa shape index (κ2) is 12.0. The van der Waals surface area contributed by atoms with Crippen LogP contribution in [0, 0.1) is 0 Å². The smallest absolute Gasteiger partial charge is 0.235 e. The van der Waals surface area contributed by atoms with E-state index in [0.717, 1.165) is 50.2 Å². The first kappa shape index (κ1) is 29.8. The van der Waals surface area contributed by atoms with Crippen molar-refractivity contribution in [1.29, 1.82) is 0 Å². The third-order valence-corrected chi connectivity index (χ3v) is 10.1. The largest absolute Gasteiger partial charge is 0.279 e. The molecule has 0 bridgehead atoms. The Bertz CT molecular complexity index is 2500. The van der Waals surface area contributed by atoms with Crippen LogP contribution in [-0.4, -0.2) is 9.97 Å². The Labute approximate surface area is 293 Å². The van der Waals surface area contributed by atoms with Gasteiger partial charge in [0.05, 0.1) is 16.9 Å². The van der Waals surface area contributed by atoms with Crippen molar-refractivity contribution in [3.05, 3.63) is 187 Å². The topological polar surface area (TPSA) is 29.0 Å². The SMILES string of the molecule is CC1(C)c2ccccc2-c2ccc(N(c3nc(-c4ccccc4)c4ccccc4n3)c3ccc(-c4ccccc4)cc3-c3ccccc3)cc21. The van der Waals surface area contributed by atoms with Crippen LogP contribution in [0.4, 0.5) is 17.3 Å². The fourth-order valence-corrected chi connectivity index (χ4v) is 7.56. The highest BCUT2D eigenvalue weighted by Crippen LogP contribution is 2.51. The van der Waals surface area contributed by atoms with Gasteiger partial charge in [-0.2, -0.15) is 0 Å². The third kappa shape index (κ3) is 4.98. The van der Waals surface area contributed by atoms with Crippen molar-refractivity contribution in [3.8, 4) is 44.6 Å². The van der Waals surface area contributed by atoms with E-state index in [1.165, 1.54) is 27.8 Å². The fourth-order valence-electron chi connectivity index (χ4n) is 7.56. The van der Waals surface area contributed by atoms with Crippen LogP contribution in [0.25, 0.3) is 55.5 Å². The first-order chi connectivity index (χ1) is 24.6. The summed E-state index contributed by atoms with van der Waals surface area (Å²) >= 11 is 0. The molecule has 0 saturated heterocycles. The van der Waals surface area contributed by atoms with E-state index in [0.29, 0.717) is 5.95 Å². The molecule has 0 unspecified atom stereocenters. The van der Waals surface area contributed by atoms with Gasteiger partial charge in [-0.05, 0) is 69.3 Å². The number of anilines is 3. The van der Waals surface area contributed by atoms with Gasteiger partial charge in [-0.1, -0.05) is 159 Å². The molecule has 1 aliphatic carbocycles. The van der Waals surface area contributed by atoms with Crippen molar-refractivity contribution in [2.45, 2.75) is 19.3 Å². The minimum absolute atomic E-state index is 0.160. The number of para-hydroxylation sites is 1. The average molecular weight is 642 g/mol. The quantitative estimate of drug-likeness (QED) is 0.181. The van der Waals surface area contributed by atoms with E-state index in [-0.39, 0.29) is 5.41 Å². The Morgan fingerprint density at radius 1 is 0.440 bits per heavy atom. The Morgan fingerprint density at radius 2 is 1.06 bits per heavy atom. The van der Waals surface area contributed by atoms with Crippen LogP contribution in [0.5, 0.6) is 0 Å². The maximum atomic E-state index is 5.42. The van der Waals surface area contributed by atoms with Crippen molar-refractivity contribution in [2.24, 2.45) is 0 Å². The summed E-state index contributed by atoms with van der Waals surface area (Å²) in [5.41, 5.74) is 14.5. The van der Waals surface area contributed by atoms with Crippen LogP contribution >= 0.6 is 0 Å². The molecule has 1 aromatic heterocycles. The van der Waals surface area contributed by atoms with Crippen LogP contribution in [0.2, 0.25) is 0 Å². The monoisotopic (exact) mass is 641 g/mol. The van der Waals surface area contributed by atoms with Crippen molar-refractivity contribution in [1.82, 2.24) is 9.97 Å². The maximum Gasteiger partial charge on any atom is 0.235 e. The van der Waals surface area contributed by atoms with Gasteiger partial charge in [0.1, 0.15) is 0 Å². The summed E-state index contributed by atoms with van der Waals surface area (Å²) in [6.07, 6.45) is 0. The van der Waals surface area contributed by atoms with E-state index in [2.05, 4.69) is 189 Å². The molecule has 0 radical (unpaired) electrons. The van der Waals surface area contributed by atoms with Gasteiger partial charge in [-0.15, -0.1) is 0 Å². The van der Waals surface area contributed by atoms with Crippen LogP contribution in [0.1, 0.15) is 25.0 Å². The molecule has 50 heavy (non-hydrogen) atoms. The summed E-state index contributed by atoms with van der Waals surface area (Å²) in [6.45, 7) is 4.66. The molecule has 0 N–H and O–H groups in total. The van der Waals surface area contributed by atoms with E-state index in [1.807, 2.05) is 6.07 Å². The van der Waals surface area contributed by atoms with Crippen LogP contribution in [-0.2, 0) is 5.41 Å².